The third kappa shape index (κ3) is 5.17. The van der Waals surface area contributed by atoms with Crippen LogP contribution >= 0.6 is 11.6 Å². The molecule has 0 saturated carbocycles. The van der Waals surface area contributed by atoms with Crippen molar-refractivity contribution < 1.29 is 24.2 Å². The van der Waals surface area contributed by atoms with Crippen molar-refractivity contribution >= 4 is 35.0 Å². The van der Waals surface area contributed by atoms with Gasteiger partial charge in [-0.15, -0.1) is 13.2 Å². The van der Waals surface area contributed by atoms with E-state index >= 15 is 0 Å². The van der Waals surface area contributed by atoms with Crippen molar-refractivity contribution in [2.24, 2.45) is 17.8 Å². The second kappa shape index (κ2) is 12.5. The molecule has 0 aromatic heterocycles. The molecule has 5 rings (SSSR count). The second-order valence-electron chi connectivity index (χ2n) is 12.6. The van der Waals surface area contributed by atoms with Gasteiger partial charge in [-0.25, -0.2) is 0 Å². The highest BCUT2D eigenvalue weighted by atomic mass is 35.5. The molecule has 0 radical (unpaired) electrons. The summed E-state index contributed by atoms with van der Waals surface area (Å²) in [5.41, 5.74) is -0.751. The molecule has 8 nitrogen and oxygen atoms in total. The Hall–Kier alpha value is -3.46. The number of fused-ring (bicyclic) bond motifs is 1. The van der Waals surface area contributed by atoms with Gasteiger partial charge in [-0.2, -0.15) is 0 Å². The number of para-hydroxylation sites is 1. The van der Waals surface area contributed by atoms with Gasteiger partial charge in [0.2, 0.25) is 11.8 Å². The highest BCUT2D eigenvalue weighted by Gasteiger charge is 2.79. The smallest absolute Gasteiger partial charge is 0.253 e. The summed E-state index contributed by atoms with van der Waals surface area (Å²) < 4.78 is 6.86. The van der Waals surface area contributed by atoms with Crippen LogP contribution in [0.3, 0.4) is 0 Å². The number of ether oxygens (including phenoxy) is 1. The van der Waals surface area contributed by atoms with Gasteiger partial charge in [-0.3, -0.25) is 14.4 Å². The SMILES string of the molecule is C=CCN(Cc1ccccc1)C(=O)[C@@H]1[C@H]2C(=O)N([C@@H](CO)C(C)C)C(C(=O)N(CC=C)c3ccccc3Cl)C23CC[C@@]1(C)O3. The van der Waals surface area contributed by atoms with Crippen LogP contribution in [-0.4, -0.2) is 75.6 Å². The van der Waals surface area contributed by atoms with Gasteiger partial charge in [0.1, 0.15) is 11.6 Å². The summed E-state index contributed by atoms with van der Waals surface area (Å²) in [5, 5.41) is 11.0. The molecule has 3 aliphatic heterocycles. The van der Waals surface area contributed by atoms with Crippen LogP contribution in [0.25, 0.3) is 0 Å². The maximum atomic E-state index is 14.8. The minimum Gasteiger partial charge on any atom is -0.394 e. The van der Waals surface area contributed by atoms with E-state index in [0.29, 0.717) is 36.6 Å². The molecule has 1 N–H and O–H groups in total. The number of nitrogens with zero attached hydrogens (tertiary/aromatic N) is 3. The Bertz CT molecular complexity index is 1430. The number of carbonyl (C=O) groups excluding carboxylic acids is 3. The van der Waals surface area contributed by atoms with E-state index in [1.54, 1.807) is 41.3 Å². The van der Waals surface area contributed by atoms with E-state index in [1.165, 1.54) is 9.80 Å². The summed E-state index contributed by atoms with van der Waals surface area (Å²) in [6.45, 7) is 13.9. The van der Waals surface area contributed by atoms with E-state index in [-0.39, 0.29) is 36.8 Å². The van der Waals surface area contributed by atoms with Gasteiger partial charge in [0.15, 0.2) is 0 Å². The Balaban J connectivity index is 1.61. The number of carbonyl (C=O) groups is 3. The van der Waals surface area contributed by atoms with Crippen LogP contribution in [0, 0.1) is 17.8 Å². The maximum absolute atomic E-state index is 14.8. The predicted octanol–water partition coefficient (Wildman–Crippen LogP) is 4.86. The number of rotatable bonds is 12. The van der Waals surface area contributed by atoms with E-state index < -0.39 is 35.1 Å². The third-order valence-electron chi connectivity index (χ3n) is 9.63. The van der Waals surface area contributed by atoms with E-state index in [0.717, 1.165) is 5.56 Å². The molecular weight excluding hydrogens is 578 g/mol. The largest absolute Gasteiger partial charge is 0.394 e. The Kier molecular flexibility index (Phi) is 9.08. The van der Waals surface area contributed by atoms with E-state index in [2.05, 4.69) is 13.2 Å². The number of anilines is 1. The molecule has 2 aromatic carbocycles. The van der Waals surface area contributed by atoms with Crippen LogP contribution in [0.15, 0.2) is 79.9 Å². The summed E-state index contributed by atoms with van der Waals surface area (Å²) in [7, 11) is 0. The van der Waals surface area contributed by atoms with Crippen molar-refractivity contribution in [3.8, 4) is 0 Å². The lowest BCUT2D eigenvalue weighted by atomic mass is 9.66. The van der Waals surface area contributed by atoms with Crippen molar-refractivity contribution in [2.75, 3.05) is 24.6 Å². The van der Waals surface area contributed by atoms with Gasteiger partial charge >= 0.3 is 0 Å². The fourth-order valence-corrected chi connectivity index (χ4v) is 7.88. The lowest BCUT2D eigenvalue weighted by Crippen LogP contribution is -2.60. The molecular formula is C35H42ClN3O5. The molecule has 2 aromatic rings. The molecule has 0 aliphatic carbocycles. The first-order valence-electron chi connectivity index (χ1n) is 15.3. The quantitative estimate of drug-likeness (QED) is 0.343. The standard InChI is InChI=1S/C35H42ClN3O5/c1-6-19-37(21-24-13-9-8-10-14-24)31(41)28-29-32(42)39(27(22-40)23(3)4)30(35(29)18-17-34(28,5)44-35)33(43)38(20-7-2)26-16-12-11-15-25(26)36/h6-16,23,27-30,40H,1-2,17-22H2,3-5H3/t27-,28-,29-,30?,34+,35?/m0/s1. The first kappa shape index (κ1) is 31.9. The summed E-state index contributed by atoms with van der Waals surface area (Å²) in [6.07, 6.45) is 4.23. The van der Waals surface area contributed by atoms with Crippen molar-refractivity contribution in [2.45, 2.75) is 63.4 Å². The number of halogens is 1. The van der Waals surface area contributed by atoms with Gasteiger partial charge in [0, 0.05) is 19.6 Å². The molecule has 9 heteroatoms. The zero-order chi connectivity index (χ0) is 31.8. The fourth-order valence-electron chi connectivity index (χ4n) is 7.64. The number of hydrogen-bond donors (Lipinski definition) is 1. The fraction of sp³-hybridized carbons (Fsp3) is 0.457. The van der Waals surface area contributed by atoms with Gasteiger partial charge in [0.25, 0.3) is 5.91 Å². The van der Waals surface area contributed by atoms with Gasteiger partial charge in [-0.05, 0) is 43.4 Å². The molecule has 44 heavy (non-hydrogen) atoms. The van der Waals surface area contributed by atoms with Crippen LogP contribution in [0.2, 0.25) is 5.02 Å². The number of benzene rings is 2. The average Bonchev–Trinajstić information content (AvgIpc) is 3.57. The summed E-state index contributed by atoms with van der Waals surface area (Å²) in [5.74, 6) is -2.79. The topological polar surface area (TPSA) is 90.4 Å². The first-order valence-corrected chi connectivity index (χ1v) is 15.7. The number of amides is 3. The highest BCUT2D eigenvalue weighted by molar-refractivity contribution is 6.34. The Labute approximate surface area is 264 Å². The normalized spacial score (nSPS) is 27.7. The van der Waals surface area contributed by atoms with Crippen molar-refractivity contribution in [3.63, 3.8) is 0 Å². The third-order valence-corrected chi connectivity index (χ3v) is 9.95. The summed E-state index contributed by atoms with van der Waals surface area (Å²) in [6, 6.07) is 15.0. The van der Waals surface area contributed by atoms with Crippen LogP contribution in [0.4, 0.5) is 5.69 Å². The van der Waals surface area contributed by atoms with Crippen LogP contribution in [0.1, 0.15) is 39.2 Å². The Morgan fingerprint density at radius 3 is 2.34 bits per heavy atom. The molecule has 3 fully saturated rings. The number of aliphatic hydroxyl groups excluding tert-OH is 1. The van der Waals surface area contributed by atoms with Crippen molar-refractivity contribution in [1.82, 2.24) is 9.80 Å². The molecule has 3 heterocycles. The number of aliphatic hydroxyl groups is 1. The van der Waals surface area contributed by atoms with Gasteiger partial charge in [-0.1, -0.05) is 80.1 Å². The van der Waals surface area contributed by atoms with Crippen LogP contribution < -0.4 is 4.90 Å². The van der Waals surface area contributed by atoms with Crippen molar-refractivity contribution in [3.05, 3.63) is 90.5 Å². The van der Waals surface area contributed by atoms with E-state index in [1.807, 2.05) is 51.1 Å². The molecule has 3 amide bonds. The molecule has 2 unspecified atom stereocenters. The zero-order valence-corrected chi connectivity index (χ0v) is 26.5. The summed E-state index contributed by atoms with van der Waals surface area (Å²) >= 11 is 6.58. The van der Waals surface area contributed by atoms with Crippen molar-refractivity contribution in [1.29, 1.82) is 0 Å². The predicted molar refractivity (Wildman–Crippen MR) is 171 cm³/mol. The molecule has 3 aliphatic rings. The minimum atomic E-state index is -1.25. The summed E-state index contributed by atoms with van der Waals surface area (Å²) in [4.78, 5) is 48.8. The van der Waals surface area contributed by atoms with E-state index in [9.17, 15) is 19.5 Å². The number of likely N-dealkylation sites (tertiary alicyclic amines) is 1. The number of hydrogen-bond acceptors (Lipinski definition) is 5. The lowest BCUT2D eigenvalue weighted by molar-refractivity contribution is -0.153. The van der Waals surface area contributed by atoms with Crippen LogP contribution in [-0.2, 0) is 25.7 Å². The van der Waals surface area contributed by atoms with Gasteiger partial charge < -0.3 is 24.5 Å². The molecule has 234 valence electrons. The van der Waals surface area contributed by atoms with Crippen LogP contribution in [0.5, 0.6) is 0 Å². The molecule has 6 atom stereocenters. The monoisotopic (exact) mass is 619 g/mol. The highest BCUT2D eigenvalue weighted by Crippen LogP contribution is 2.64. The zero-order valence-electron chi connectivity index (χ0n) is 25.7. The minimum absolute atomic E-state index is 0.150. The molecule has 3 saturated heterocycles. The molecule has 1 spiro atoms. The van der Waals surface area contributed by atoms with E-state index in [4.69, 9.17) is 16.3 Å². The second-order valence-corrected chi connectivity index (χ2v) is 13.1. The van der Waals surface area contributed by atoms with Gasteiger partial charge in [0.05, 0.1) is 40.8 Å². The first-order chi connectivity index (χ1) is 21.0. The Morgan fingerprint density at radius 2 is 1.73 bits per heavy atom. The maximum Gasteiger partial charge on any atom is 0.253 e. The lowest BCUT2D eigenvalue weighted by Gasteiger charge is -2.40. The molecule has 2 bridgehead atoms. The average molecular weight is 620 g/mol. The Morgan fingerprint density at radius 1 is 1.07 bits per heavy atom.